The Kier molecular flexibility index (Phi) is 3.40. The van der Waals surface area contributed by atoms with Gasteiger partial charge in [0.15, 0.2) is 0 Å². The standard InChI is InChI=1S/C15H12N2O/c1-17-15(18)14-8-6-13(7-9-14)12-4-2-11(10-16)3-5-12/h2-9H,1H3,(H,17,18). The lowest BCUT2D eigenvalue weighted by molar-refractivity contribution is 0.0963. The number of carbonyl (C=O) groups is 1. The Morgan fingerprint density at radius 1 is 1.00 bits per heavy atom. The maximum Gasteiger partial charge on any atom is 0.251 e. The molecule has 0 bridgehead atoms. The van der Waals surface area contributed by atoms with E-state index in [-0.39, 0.29) is 5.91 Å². The van der Waals surface area contributed by atoms with E-state index in [0.717, 1.165) is 11.1 Å². The van der Waals surface area contributed by atoms with Crippen LogP contribution in [0.1, 0.15) is 15.9 Å². The molecule has 2 aromatic rings. The van der Waals surface area contributed by atoms with E-state index in [1.54, 1.807) is 31.3 Å². The van der Waals surface area contributed by atoms with Crippen molar-refractivity contribution >= 4 is 5.91 Å². The van der Waals surface area contributed by atoms with Crippen LogP contribution in [0.15, 0.2) is 48.5 Å². The first kappa shape index (κ1) is 11.9. The van der Waals surface area contributed by atoms with Gasteiger partial charge in [0.1, 0.15) is 0 Å². The van der Waals surface area contributed by atoms with Gasteiger partial charge in [-0.05, 0) is 35.4 Å². The van der Waals surface area contributed by atoms with E-state index in [2.05, 4.69) is 11.4 Å². The highest BCUT2D eigenvalue weighted by Crippen LogP contribution is 2.20. The van der Waals surface area contributed by atoms with Gasteiger partial charge in [0.25, 0.3) is 5.91 Å². The molecule has 2 rings (SSSR count). The third-order valence-electron chi connectivity index (χ3n) is 2.72. The van der Waals surface area contributed by atoms with Crippen molar-refractivity contribution in [1.29, 1.82) is 5.26 Å². The van der Waals surface area contributed by atoms with E-state index in [1.807, 2.05) is 24.3 Å². The molecule has 88 valence electrons. The van der Waals surface area contributed by atoms with Crippen LogP contribution in [-0.4, -0.2) is 13.0 Å². The highest BCUT2D eigenvalue weighted by Gasteiger charge is 2.03. The predicted octanol–water partition coefficient (Wildman–Crippen LogP) is 2.58. The lowest BCUT2D eigenvalue weighted by atomic mass is 10.0. The third kappa shape index (κ3) is 2.38. The first-order valence-electron chi connectivity index (χ1n) is 5.57. The van der Waals surface area contributed by atoms with Crippen LogP contribution in [0.3, 0.4) is 0 Å². The second-order valence-corrected chi connectivity index (χ2v) is 3.85. The Labute approximate surface area is 106 Å². The van der Waals surface area contributed by atoms with Crippen LogP contribution in [0, 0.1) is 11.3 Å². The van der Waals surface area contributed by atoms with Crippen molar-refractivity contribution in [2.45, 2.75) is 0 Å². The molecule has 0 aliphatic rings. The molecule has 0 radical (unpaired) electrons. The van der Waals surface area contributed by atoms with Gasteiger partial charge in [0.2, 0.25) is 0 Å². The molecule has 3 heteroatoms. The van der Waals surface area contributed by atoms with Gasteiger partial charge in [-0.3, -0.25) is 4.79 Å². The molecule has 18 heavy (non-hydrogen) atoms. The maximum atomic E-state index is 11.4. The Hall–Kier alpha value is -2.60. The first-order valence-corrected chi connectivity index (χ1v) is 5.57. The number of nitrogens with zero attached hydrogens (tertiary/aromatic N) is 1. The van der Waals surface area contributed by atoms with Crippen LogP contribution < -0.4 is 5.32 Å². The molecule has 3 nitrogen and oxygen atoms in total. The van der Waals surface area contributed by atoms with E-state index >= 15 is 0 Å². The van der Waals surface area contributed by atoms with Crippen molar-refractivity contribution in [2.24, 2.45) is 0 Å². The minimum absolute atomic E-state index is 0.0959. The molecule has 0 aliphatic heterocycles. The average molecular weight is 236 g/mol. The molecule has 0 spiro atoms. The largest absolute Gasteiger partial charge is 0.355 e. The smallest absolute Gasteiger partial charge is 0.251 e. The van der Waals surface area contributed by atoms with E-state index in [1.165, 1.54) is 0 Å². The zero-order chi connectivity index (χ0) is 13.0. The van der Waals surface area contributed by atoms with Crippen molar-refractivity contribution in [3.8, 4) is 17.2 Å². The number of carbonyl (C=O) groups excluding carboxylic acids is 1. The fraction of sp³-hybridized carbons (Fsp3) is 0.0667. The molecule has 0 saturated carbocycles. The van der Waals surface area contributed by atoms with Crippen LogP contribution in [0.5, 0.6) is 0 Å². The quantitative estimate of drug-likeness (QED) is 0.871. The lowest BCUT2D eigenvalue weighted by Gasteiger charge is -2.03. The molecule has 1 amide bonds. The molecule has 0 aliphatic carbocycles. The number of amides is 1. The van der Waals surface area contributed by atoms with Crippen molar-refractivity contribution in [1.82, 2.24) is 5.32 Å². The van der Waals surface area contributed by atoms with Crippen molar-refractivity contribution in [2.75, 3.05) is 7.05 Å². The van der Waals surface area contributed by atoms with Gasteiger partial charge in [0.05, 0.1) is 11.6 Å². The molecular weight excluding hydrogens is 224 g/mol. The van der Waals surface area contributed by atoms with E-state index < -0.39 is 0 Å². The fourth-order valence-corrected chi connectivity index (χ4v) is 1.70. The summed E-state index contributed by atoms with van der Waals surface area (Å²) in [5.41, 5.74) is 3.32. The van der Waals surface area contributed by atoms with Gasteiger partial charge in [-0.15, -0.1) is 0 Å². The van der Waals surface area contributed by atoms with Gasteiger partial charge in [0, 0.05) is 12.6 Å². The first-order chi connectivity index (χ1) is 8.74. The Balaban J connectivity index is 2.29. The Bertz CT molecular complexity index is 592. The van der Waals surface area contributed by atoms with Gasteiger partial charge < -0.3 is 5.32 Å². The number of nitriles is 1. The lowest BCUT2D eigenvalue weighted by Crippen LogP contribution is -2.17. The summed E-state index contributed by atoms with van der Waals surface area (Å²) >= 11 is 0. The van der Waals surface area contributed by atoms with Crippen molar-refractivity contribution in [3.63, 3.8) is 0 Å². The van der Waals surface area contributed by atoms with Crippen LogP contribution in [0.2, 0.25) is 0 Å². The normalized spacial score (nSPS) is 9.56. The third-order valence-corrected chi connectivity index (χ3v) is 2.72. The van der Waals surface area contributed by atoms with Crippen molar-refractivity contribution < 1.29 is 4.79 Å². The molecular formula is C15H12N2O. The minimum Gasteiger partial charge on any atom is -0.355 e. The molecule has 2 aromatic carbocycles. The monoisotopic (exact) mass is 236 g/mol. The predicted molar refractivity (Wildman–Crippen MR) is 70.0 cm³/mol. The minimum atomic E-state index is -0.0959. The molecule has 0 fully saturated rings. The second-order valence-electron chi connectivity index (χ2n) is 3.85. The molecule has 0 saturated heterocycles. The summed E-state index contributed by atoms with van der Waals surface area (Å²) in [4.78, 5) is 11.4. The summed E-state index contributed by atoms with van der Waals surface area (Å²) in [5, 5.41) is 11.3. The molecule has 0 atom stereocenters. The Morgan fingerprint density at radius 2 is 1.50 bits per heavy atom. The zero-order valence-electron chi connectivity index (χ0n) is 9.97. The zero-order valence-corrected chi connectivity index (χ0v) is 9.97. The fourth-order valence-electron chi connectivity index (χ4n) is 1.70. The van der Waals surface area contributed by atoms with Crippen LogP contribution >= 0.6 is 0 Å². The highest BCUT2D eigenvalue weighted by molar-refractivity contribution is 5.94. The van der Waals surface area contributed by atoms with Gasteiger partial charge >= 0.3 is 0 Å². The van der Waals surface area contributed by atoms with Crippen molar-refractivity contribution in [3.05, 3.63) is 59.7 Å². The number of benzene rings is 2. The second kappa shape index (κ2) is 5.15. The summed E-state index contributed by atoms with van der Waals surface area (Å²) < 4.78 is 0. The summed E-state index contributed by atoms with van der Waals surface area (Å²) in [6.07, 6.45) is 0. The molecule has 0 heterocycles. The van der Waals surface area contributed by atoms with E-state index in [0.29, 0.717) is 11.1 Å². The summed E-state index contributed by atoms with van der Waals surface area (Å²) in [6.45, 7) is 0. The van der Waals surface area contributed by atoms with Crippen LogP contribution in [-0.2, 0) is 0 Å². The highest BCUT2D eigenvalue weighted by atomic mass is 16.1. The van der Waals surface area contributed by atoms with Gasteiger partial charge in [-0.2, -0.15) is 5.26 Å². The number of rotatable bonds is 2. The molecule has 0 aromatic heterocycles. The number of hydrogen-bond donors (Lipinski definition) is 1. The molecule has 0 unspecified atom stereocenters. The number of hydrogen-bond acceptors (Lipinski definition) is 2. The SMILES string of the molecule is CNC(=O)c1ccc(-c2ccc(C#N)cc2)cc1. The van der Waals surface area contributed by atoms with Crippen LogP contribution in [0.25, 0.3) is 11.1 Å². The van der Waals surface area contributed by atoms with Crippen LogP contribution in [0.4, 0.5) is 0 Å². The van der Waals surface area contributed by atoms with Gasteiger partial charge in [-0.1, -0.05) is 24.3 Å². The number of nitrogens with one attached hydrogen (secondary N) is 1. The summed E-state index contributed by atoms with van der Waals surface area (Å²) in [6, 6.07) is 16.8. The van der Waals surface area contributed by atoms with Gasteiger partial charge in [-0.25, -0.2) is 0 Å². The van der Waals surface area contributed by atoms with E-state index in [4.69, 9.17) is 5.26 Å². The topological polar surface area (TPSA) is 52.9 Å². The average Bonchev–Trinajstić information content (AvgIpc) is 2.47. The van der Waals surface area contributed by atoms with E-state index in [9.17, 15) is 4.79 Å². The Morgan fingerprint density at radius 3 is 1.94 bits per heavy atom. The summed E-state index contributed by atoms with van der Waals surface area (Å²) in [5.74, 6) is -0.0959. The summed E-state index contributed by atoms with van der Waals surface area (Å²) in [7, 11) is 1.61. The maximum absolute atomic E-state index is 11.4. The molecule has 1 N–H and O–H groups in total.